The number of hydrogen-bond acceptors (Lipinski definition) is 3. The van der Waals surface area contributed by atoms with Crippen LogP contribution in [0.2, 0.25) is 0 Å². The molecule has 3 nitrogen and oxygen atoms in total. The zero-order valence-electron chi connectivity index (χ0n) is 38.2. The van der Waals surface area contributed by atoms with Crippen LogP contribution in [-0.2, 0) is 0 Å². The molecule has 1 unspecified atom stereocenters. The molecule has 0 amide bonds. The summed E-state index contributed by atoms with van der Waals surface area (Å²) in [7, 11) is -2.92. The van der Waals surface area contributed by atoms with Crippen LogP contribution in [0.3, 0.4) is 0 Å². The monoisotopic (exact) mass is 911 g/mol. The Morgan fingerprint density at radius 1 is 0.257 bits per heavy atom. The number of benzene rings is 11. The summed E-state index contributed by atoms with van der Waals surface area (Å²) in [5, 5.41) is 5.28. The van der Waals surface area contributed by atoms with Gasteiger partial charge < -0.3 is 14.4 Å². The van der Waals surface area contributed by atoms with E-state index in [4.69, 9.17) is 9.47 Å². The van der Waals surface area contributed by atoms with Crippen molar-refractivity contribution in [3.8, 4) is 78.6 Å². The summed E-state index contributed by atoms with van der Waals surface area (Å²) in [4.78, 5) is 2.34. The van der Waals surface area contributed by atoms with Crippen molar-refractivity contribution in [1.82, 2.24) is 0 Å². The predicted molar refractivity (Wildman–Crippen MR) is 292 cm³/mol. The molecule has 0 spiro atoms. The summed E-state index contributed by atoms with van der Waals surface area (Å²) in [6.07, 6.45) is 0. The van der Waals surface area contributed by atoms with Gasteiger partial charge in [-0.2, -0.15) is 0 Å². The minimum atomic E-state index is -2.92. The molecule has 70 heavy (non-hydrogen) atoms. The lowest BCUT2D eigenvalue weighted by Gasteiger charge is -2.32. The van der Waals surface area contributed by atoms with Crippen LogP contribution < -0.4 is 35.1 Å². The highest BCUT2D eigenvalue weighted by molar-refractivity contribution is 7.22. The van der Waals surface area contributed by atoms with Gasteiger partial charge in [-0.25, -0.2) is 0 Å². The molecule has 1 atom stereocenters. The molecule has 0 aromatic heterocycles. The molecule has 0 saturated heterocycles. The number of hydrogen-bond donors (Lipinski definition) is 0. The Kier molecular flexibility index (Phi) is 10.2. The molecule has 4 heteroatoms. The van der Waals surface area contributed by atoms with Crippen LogP contribution >= 0.6 is 0 Å². The summed E-state index contributed by atoms with van der Waals surface area (Å²) in [5.74, 6) is 2.98. The van der Waals surface area contributed by atoms with Crippen molar-refractivity contribution < 1.29 is 9.47 Å². The summed E-state index contributed by atoms with van der Waals surface area (Å²) in [6.45, 7) is 0. The number of fused-ring (bicyclic) bond motifs is 6. The van der Waals surface area contributed by atoms with E-state index < -0.39 is 8.07 Å². The van der Waals surface area contributed by atoms with Gasteiger partial charge >= 0.3 is 0 Å². The molecule has 330 valence electrons. The molecule has 11 aromatic carbocycles. The molecule has 0 fully saturated rings. The van der Waals surface area contributed by atoms with E-state index in [0.29, 0.717) is 0 Å². The molecule has 0 radical (unpaired) electrons. The van der Waals surface area contributed by atoms with E-state index in [2.05, 4.69) is 254 Å². The lowest BCUT2D eigenvalue weighted by molar-refractivity contribution is 0.361. The zero-order valence-corrected chi connectivity index (χ0v) is 39.2. The van der Waals surface area contributed by atoms with Crippen LogP contribution in [0.5, 0.6) is 23.0 Å². The first-order valence-electron chi connectivity index (χ1n) is 23.9. The highest BCUT2D eigenvalue weighted by atomic mass is 28.3. The molecule has 0 saturated carbocycles. The third-order valence-electron chi connectivity index (χ3n) is 14.1. The van der Waals surface area contributed by atoms with E-state index in [1.165, 1.54) is 59.7 Å². The second-order valence-corrected chi connectivity index (χ2v) is 21.7. The molecule has 11 aromatic rings. The van der Waals surface area contributed by atoms with E-state index in [1.807, 2.05) is 24.3 Å². The van der Waals surface area contributed by atoms with Gasteiger partial charge in [-0.05, 0) is 125 Å². The molecular weight excluding hydrogens is 867 g/mol. The quantitative estimate of drug-likeness (QED) is 0.135. The Morgan fingerprint density at radius 3 is 1.06 bits per heavy atom. The maximum absolute atomic E-state index is 6.82. The average molecular weight is 912 g/mol. The molecule has 0 bridgehead atoms. The Balaban J connectivity index is 0.894. The van der Waals surface area contributed by atoms with Gasteiger partial charge in [-0.3, -0.25) is 0 Å². The van der Waals surface area contributed by atoms with Crippen molar-refractivity contribution in [3.63, 3.8) is 0 Å². The van der Waals surface area contributed by atoms with Crippen molar-refractivity contribution in [2.75, 3.05) is 4.90 Å². The van der Waals surface area contributed by atoms with Gasteiger partial charge in [0, 0.05) is 22.6 Å². The number of para-hydroxylation sites is 2. The topological polar surface area (TPSA) is 21.7 Å². The standard InChI is InChI=1S/C66H45NO2Si/c1-4-14-46(15-5-1)49-24-34-54(35-25-49)67(55-36-26-50(27-37-55)47-16-6-2-7-17-47)56-38-28-51(29-39-56)53-32-42-58(43-33-53)70(57-40-30-52(31-41-57)48-18-8-3-9-19-48)63-23-13-10-20-59(63)65-64(70)45-44-62-66(65)69-61-22-12-11-21-60(61)68-62/h1-45H. The molecular formula is C66H45NO2Si. The van der Waals surface area contributed by atoms with E-state index in [1.54, 1.807) is 0 Å². The van der Waals surface area contributed by atoms with Crippen molar-refractivity contribution >= 4 is 45.9 Å². The average Bonchev–Trinajstić information content (AvgIpc) is 3.75. The van der Waals surface area contributed by atoms with E-state index in [-0.39, 0.29) is 0 Å². The smallest absolute Gasteiger partial charge is 0.181 e. The molecule has 2 aliphatic heterocycles. The van der Waals surface area contributed by atoms with Gasteiger partial charge in [0.25, 0.3) is 0 Å². The molecule has 13 rings (SSSR count). The minimum absolute atomic E-state index is 0.729. The number of ether oxygens (including phenoxy) is 2. The first kappa shape index (κ1) is 41.2. The molecule has 0 aliphatic carbocycles. The SMILES string of the molecule is c1ccc(-c2ccc(N(c3ccc(-c4ccccc4)cc3)c3ccc(-c4ccc([Si]5(c6ccc(-c7ccccc7)cc6)c6ccccc6-c6c5ccc5c6Oc6ccccc6O5)cc4)cc3)cc2)cc1. The Hall–Kier alpha value is -8.96. The first-order chi connectivity index (χ1) is 34.7. The second kappa shape index (κ2) is 17.3. The number of rotatable bonds is 9. The number of anilines is 3. The molecule has 2 heterocycles. The van der Waals surface area contributed by atoms with E-state index >= 15 is 0 Å². The van der Waals surface area contributed by atoms with Crippen LogP contribution in [-0.4, -0.2) is 8.07 Å². The molecule has 0 N–H and O–H groups in total. The highest BCUT2D eigenvalue weighted by Gasteiger charge is 2.50. The van der Waals surface area contributed by atoms with Crippen LogP contribution in [0.1, 0.15) is 0 Å². The van der Waals surface area contributed by atoms with Crippen molar-refractivity contribution in [1.29, 1.82) is 0 Å². The maximum atomic E-state index is 6.82. The van der Waals surface area contributed by atoms with Crippen molar-refractivity contribution in [2.45, 2.75) is 0 Å². The van der Waals surface area contributed by atoms with Crippen LogP contribution in [0, 0.1) is 0 Å². The predicted octanol–water partition coefficient (Wildman–Crippen LogP) is 15.1. The Morgan fingerprint density at radius 2 is 0.614 bits per heavy atom. The first-order valence-corrected chi connectivity index (χ1v) is 25.9. The summed E-state index contributed by atoms with van der Waals surface area (Å²) < 4.78 is 13.3. The fourth-order valence-electron chi connectivity index (χ4n) is 10.7. The number of nitrogens with zero attached hydrogens (tertiary/aromatic N) is 1. The van der Waals surface area contributed by atoms with Gasteiger partial charge in [-0.15, -0.1) is 0 Å². The van der Waals surface area contributed by atoms with Crippen molar-refractivity contribution in [2.24, 2.45) is 0 Å². The van der Waals surface area contributed by atoms with E-state index in [0.717, 1.165) is 56.8 Å². The Labute approximate surface area is 409 Å². The third kappa shape index (κ3) is 7.04. The Bertz CT molecular complexity index is 3570. The minimum Gasteiger partial charge on any atom is -0.449 e. The van der Waals surface area contributed by atoms with Crippen LogP contribution in [0.15, 0.2) is 273 Å². The zero-order chi connectivity index (χ0) is 46.4. The van der Waals surface area contributed by atoms with Gasteiger partial charge in [0.15, 0.2) is 31.1 Å². The highest BCUT2D eigenvalue weighted by Crippen LogP contribution is 2.50. The third-order valence-corrected chi connectivity index (χ3v) is 18.9. The van der Waals surface area contributed by atoms with Crippen molar-refractivity contribution in [3.05, 3.63) is 273 Å². The fourth-order valence-corrected chi connectivity index (χ4v) is 15.8. The maximum Gasteiger partial charge on any atom is 0.181 e. The summed E-state index contributed by atoms with van der Waals surface area (Å²) >= 11 is 0. The fraction of sp³-hybridized carbons (Fsp3) is 0. The van der Waals surface area contributed by atoms with Gasteiger partial charge in [0.2, 0.25) is 0 Å². The molecule has 2 aliphatic rings. The normalized spacial score (nSPS) is 14.0. The van der Waals surface area contributed by atoms with Crippen LogP contribution in [0.4, 0.5) is 17.1 Å². The lowest BCUT2D eigenvalue weighted by Crippen LogP contribution is -2.72. The van der Waals surface area contributed by atoms with Gasteiger partial charge in [0.05, 0.1) is 0 Å². The van der Waals surface area contributed by atoms with Crippen LogP contribution in [0.25, 0.3) is 55.6 Å². The second-order valence-electron chi connectivity index (χ2n) is 18.0. The lowest BCUT2D eigenvalue weighted by atomic mass is 10.0. The van der Waals surface area contributed by atoms with Gasteiger partial charge in [-0.1, -0.05) is 218 Å². The van der Waals surface area contributed by atoms with E-state index in [9.17, 15) is 0 Å². The largest absolute Gasteiger partial charge is 0.449 e. The van der Waals surface area contributed by atoms with Gasteiger partial charge in [0.1, 0.15) is 0 Å². The summed E-state index contributed by atoms with van der Waals surface area (Å²) in [6, 6.07) is 98.6. The summed E-state index contributed by atoms with van der Waals surface area (Å²) in [5.41, 5.74) is 15.1.